The third-order valence-corrected chi connectivity index (χ3v) is 3.52. The summed E-state index contributed by atoms with van der Waals surface area (Å²) < 4.78 is 0. The molecule has 8 nitrogen and oxygen atoms in total. The van der Waals surface area contributed by atoms with Gasteiger partial charge in [0.1, 0.15) is 5.69 Å². The molecule has 0 bridgehead atoms. The van der Waals surface area contributed by atoms with Crippen LogP contribution in [0.1, 0.15) is 19.4 Å². The van der Waals surface area contributed by atoms with Gasteiger partial charge in [0, 0.05) is 6.07 Å². The minimum Gasteiger partial charge on any atom is -0.271 e. The van der Waals surface area contributed by atoms with Crippen molar-refractivity contribution in [2.24, 2.45) is 5.10 Å². The van der Waals surface area contributed by atoms with Crippen LogP contribution in [0.5, 0.6) is 0 Å². The molecule has 0 atom stereocenters. The maximum absolute atomic E-state index is 11.1. The lowest BCUT2D eigenvalue weighted by molar-refractivity contribution is -0.393. The second kappa shape index (κ2) is 9.04. The highest BCUT2D eigenvalue weighted by atomic mass is 16.6. The minimum absolute atomic E-state index is 0.0795. The number of nitrogens with zero attached hydrogens (tertiary/aromatic N) is 3. The summed E-state index contributed by atoms with van der Waals surface area (Å²) in [6, 6.07) is 13.2. The predicted octanol–water partition coefficient (Wildman–Crippen LogP) is 4.95. The molecule has 27 heavy (non-hydrogen) atoms. The van der Waals surface area contributed by atoms with Crippen molar-refractivity contribution in [1.82, 2.24) is 0 Å². The first-order valence-electron chi connectivity index (χ1n) is 8.01. The van der Waals surface area contributed by atoms with Gasteiger partial charge in [0.05, 0.1) is 21.6 Å². The number of anilines is 1. The molecular formula is C19H18N4O4. The van der Waals surface area contributed by atoms with Crippen LogP contribution in [0.3, 0.4) is 0 Å². The van der Waals surface area contributed by atoms with Gasteiger partial charge in [0.15, 0.2) is 0 Å². The van der Waals surface area contributed by atoms with Crippen molar-refractivity contribution in [3.63, 3.8) is 0 Å². The molecule has 0 fully saturated rings. The van der Waals surface area contributed by atoms with E-state index in [9.17, 15) is 20.2 Å². The monoisotopic (exact) mass is 366 g/mol. The van der Waals surface area contributed by atoms with Gasteiger partial charge in [-0.15, -0.1) is 0 Å². The first-order chi connectivity index (χ1) is 12.9. The number of nitrogens with one attached hydrogen (secondary N) is 1. The summed E-state index contributed by atoms with van der Waals surface area (Å²) in [5.41, 5.74) is 4.52. The van der Waals surface area contributed by atoms with Gasteiger partial charge in [0.25, 0.3) is 5.69 Å². The zero-order chi connectivity index (χ0) is 19.8. The van der Waals surface area contributed by atoms with Crippen molar-refractivity contribution >= 4 is 28.8 Å². The number of rotatable bonds is 7. The molecule has 0 heterocycles. The molecule has 0 saturated heterocycles. The third-order valence-electron chi connectivity index (χ3n) is 3.52. The maximum atomic E-state index is 11.1. The van der Waals surface area contributed by atoms with Crippen molar-refractivity contribution in [2.75, 3.05) is 5.43 Å². The van der Waals surface area contributed by atoms with Crippen molar-refractivity contribution < 1.29 is 9.85 Å². The van der Waals surface area contributed by atoms with E-state index >= 15 is 0 Å². The highest BCUT2D eigenvalue weighted by Gasteiger charge is 2.19. The number of hydrogen-bond donors (Lipinski definition) is 1. The number of benzene rings is 2. The molecule has 8 heteroatoms. The van der Waals surface area contributed by atoms with E-state index in [0.717, 1.165) is 17.2 Å². The molecule has 0 saturated carbocycles. The van der Waals surface area contributed by atoms with Crippen LogP contribution in [0.25, 0.3) is 6.08 Å². The maximum Gasteiger partial charge on any atom is 0.301 e. The van der Waals surface area contributed by atoms with Gasteiger partial charge in [-0.05, 0) is 37.1 Å². The summed E-state index contributed by atoms with van der Waals surface area (Å²) in [4.78, 5) is 20.5. The van der Waals surface area contributed by atoms with Crippen molar-refractivity contribution in [2.45, 2.75) is 13.8 Å². The third kappa shape index (κ3) is 5.89. The molecule has 0 unspecified atom stereocenters. The summed E-state index contributed by atoms with van der Waals surface area (Å²) in [6.45, 7) is 3.65. The summed E-state index contributed by atoms with van der Waals surface area (Å²) >= 11 is 0. The highest BCUT2D eigenvalue weighted by Crippen LogP contribution is 2.28. The lowest BCUT2D eigenvalue weighted by Gasteiger charge is -2.03. The normalized spacial score (nSPS) is 12.2. The standard InChI is InChI=1S/C19H18N4O4/c1-14(8-9-16-6-4-3-5-7-16)12-15(2)20-21-18-11-10-17(22(24)25)13-19(18)23(26)27/h3-13,21H,1-2H3/b9-8-,14-12+,20-15-. The molecule has 0 aliphatic rings. The molecule has 0 aliphatic heterocycles. The molecule has 0 amide bonds. The Labute approximate surface area is 155 Å². The van der Waals surface area contributed by atoms with Crippen LogP contribution < -0.4 is 5.43 Å². The minimum atomic E-state index is -0.691. The highest BCUT2D eigenvalue weighted by molar-refractivity contribution is 5.94. The quantitative estimate of drug-likeness (QED) is 0.322. The van der Waals surface area contributed by atoms with E-state index in [-0.39, 0.29) is 11.4 Å². The Balaban J connectivity index is 2.13. The molecule has 0 radical (unpaired) electrons. The summed E-state index contributed by atoms with van der Waals surface area (Å²) in [5.74, 6) is 0. The van der Waals surface area contributed by atoms with Gasteiger partial charge >= 0.3 is 5.69 Å². The van der Waals surface area contributed by atoms with E-state index in [1.54, 1.807) is 6.92 Å². The van der Waals surface area contributed by atoms with E-state index in [0.29, 0.717) is 5.71 Å². The van der Waals surface area contributed by atoms with E-state index in [1.165, 1.54) is 12.1 Å². The molecule has 138 valence electrons. The van der Waals surface area contributed by atoms with Gasteiger partial charge in [-0.2, -0.15) is 5.10 Å². The predicted molar refractivity (Wildman–Crippen MR) is 106 cm³/mol. The fraction of sp³-hybridized carbons (Fsp3) is 0.105. The topological polar surface area (TPSA) is 111 Å². The van der Waals surface area contributed by atoms with Crippen LogP contribution in [0, 0.1) is 20.2 Å². The molecule has 2 aromatic rings. The Morgan fingerprint density at radius 3 is 2.37 bits per heavy atom. The van der Waals surface area contributed by atoms with Crippen molar-refractivity contribution in [3.05, 3.63) is 92.0 Å². The van der Waals surface area contributed by atoms with E-state index < -0.39 is 15.5 Å². The average molecular weight is 366 g/mol. The number of hydrazone groups is 1. The fourth-order valence-electron chi connectivity index (χ4n) is 2.23. The Morgan fingerprint density at radius 1 is 1.04 bits per heavy atom. The van der Waals surface area contributed by atoms with Gasteiger partial charge < -0.3 is 0 Å². The molecule has 1 N–H and O–H groups in total. The van der Waals surface area contributed by atoms with Crippen molar-refractivity contribution in [1.29, 1.82) is 0 Å². The van der Waals surface area contributed by atoms with Crippen LogP contribution >= 0.6 is 0 Å². The Hall–Kier alpha value is -3.81. The number of nitro groups is 2. The lowest BCUT2D eigenvalue weighted by atomic mass is 10.1. The van der Waals surface area contributed by atoms with E-state index in [4.69, 9.17) is 0 Å². The molecule has 0 spiro atoms. The number of allylic oxidation sites excluding steroid dienone is 3. The Kier molecular flexibility index (Phi) is 6.54. The molecule has 2 aromatic carbocycles. The Morgan fingerprint density at radius 2 is 1.74 bits per heavy atom. The second-order valence-corrected chi connectivity index (χ2v) is 5.71. The number of non-ortho nitro benzene ring substituents is 1. The Bertz CT molecular complexity index is 934. The summed E-state index contributed by atoms with van der Waals surface area (Å²) in [7, 11) is 0. The smallest absolute Gasteiger partial charge is 0.271 e. The van der Waals surface area contributed by atoms with E-state index in [1.807, 2.05) is 55.5 Å². The molecule has 0 aliphatic carbocycles. The average Bonchev–Trinajstić information content (AvgIpc) is 2.65. The van der Waals surface area contributed by atoms with E-state index in [2.05, 4.69) is 10.5 Å². The van der Waals surface area contributed by atoms with Crippen LogP contribution in [0.2, 0.25) is 0 Å². The van der Waals surface area contributed by atoms with Gasteiger partial charge in [-0.25, -0.2) is 0 Å². The van der Waals surface area contributed by atoms with Crippen LogP contribution in [-0.4, -0.2) is 15.6 Å². The lowest BCUT2D eigenvalue weighted by Crippen LogP contribution is -2.00. The molecular weight excluding hydrogens is 348 g/mol. The fourth-order valence-corrected chi connectivity index (χ4v) is 2.23. The van der Waals surface area contributed by atoms with Crippen LogP contribution in [0.15, 0.2) is 71.4 Å². The van der Waals surface area contributed by atoms with Gasteiger partial charge in [-0.1, -0.05) is 42.5 Å². The zero-order valence-electron chi connectivity index (χ0n) is 14.8. The van der Waals surface area contributed by atoms with Crippen molar-refractivity contribution in [3.8, 4) is 0 Å². The molecule has 0 aromatic heterocycles. The van der Waals surface area contributed by atoms with Gasteiger partial charge in [-0.3, -0.25) is 25.7 Å². The largest absolute Gasteiger partial charge is 0.301 e. The van der Waals surface area contributed by atoms with Crippen LogP contribution in [-0.2, 0) is 0 Å². The first-order valence-corrected chi connectivity index (χ1v) is 8.01. The number of hydrogen-bond acceptors (Lipinski definition) is 6. The zero-order valence-corrected chi connectivity index (χ0v) is 14.8. The second-order valence-electron chi connectivity index (χ2n) is 5.71. The van der Waals surface area contributed by atoms with Gasteiger partial charge in [0.2, 0.25) is 0 Å². The molecule has 2 rings (SSSR count). The number of nitro benzene ring substituents is 2. The first kappa shape index (κ1) is 19.5. The SMILES string of the molecule is CC(/C=C(C)/C=C\c1ccccc1)=N/Nc1ccc([N+](=O)[O-])cc1[N+](=O)[O-]. The summed E-state index contributed by atoms with van der Waals surface area (Å²) in [5, 5.41) is 26.0. The van der Waals surface area contributed by atoms with Crippen LogP contribution in [0.4, 0.5) is 17.1 Å². The summed E-state index contributed by atoms with van der Waals surface area (Å²) in [6.07, 6.45) is 5.71.